The Morgan fingerprint density at radius 3 is 2.41 bits per heavy atom. The first-order valence-electron chi connectivity index (χ1n) is 5.18. The molecule has 94 valence electrons. The predicted octanol–water partition coefficient (Wildman–Crippen LogP) is 3.30. The molecule has 0 aliphatic carbocycles. The van der Waals surface area contributed by atoms with Crippen LogP contribution in [-0.2, 0) is 10.9 Å². The van der Waals surface area contributed by atoms with Crippen molar-refractivity contribution >= 4 is 21.6 Å². The number of anilines is 1. The molecular weight excluding hydrogens is 299 g/mol. The average molecular weight is 310 g/mol. The molecule has 1 aromatic carbocycles. The van der Waals surface area contributed by atoms with Crippen molar-refractivity contribution in [3.8, 4) is 0 Å². The summed E-state index contributed by atoms with van der Waals surface area (Å²) in [7, 11) is 0. The second-order valence-electron chi connectivity index (χ2n) is 3.76. The van der Waals surface area contributed by atoms with Gasteiger partial charge < -0.3 is 9.64 Å². The van der Waals surface area contributed by atoms with Gasteiger partial charge in [0.05, 0.1) is 18.8 Å². The molecule has 0 saturated carbocycles. The van der Waals surface area contributed by atoms with E-state index >= 15 is 0 Å². The minimum Gasteiger partial charge on any atom is -0.378 e. The molecule has 0 spiro atoms. The maximum Gasteiger partial charge on any atom is 0.417 e. The highest BCUT2D eigenvalue weighted by Gasteiger charge is 2.33. The van der Waals surface area contributed by atoms with Crippen LogP contribution in [0, 0.1) is 0 Å². The largest absolute Gasteiger partial charge is 0.417 e. The number of nitrogens with zero attached hydrogens (tertiary/aromatic N) is 1. The lowest BCUT2D eigenvalue weighted by molar-refractivity contribution is -0.138. The van der Waals surface area contributed by atoms with E-state index in [1.165, 1.54) is 12.1 Å². The third-order valence-electron chi connectivity index (χ3n) is 2.63. The predicted molar refractivity (Wildman–Crippen MR) is 62.2 cm³/mol. The summed E-state index contributed by atoms with van der Waals surface area (Å²) in [5.74, 6) is 0. The second kappa shape index (κ2) is 4.86. The van der Waals surface area contributed by atoms with Gasteiger partial charge in [0, 0.05) is 23.2 Å². The zero-order valence-electron chi connectivity index (χ0n) is 8.93. The number of alkyl halides is 3. The van der Waals surface area contributed by atoms with Gasteiger partial charge in [-0.2, -0.15) is 13.2 Å². The Morgan fingerprint density at radius 2 is 1.82 bits per heavy atom. The van der Waals surface area contributed by atoms with Gasteiger partial charge in [0.15, 0.2) is 0 Å². The number of rotatable bonds is 1. The van der Waals surface area contributed by atoms with Gasteiger partial charge in [-0.25, -0.2) is 0 Å². The van der Waals surface area contributed by atoms with Crippen LogP contribution in [0.3, 0.4) is 0 Å². The molecule has 2 rings (SSSR count). The standard InChI is InChI=1S/C11H11BrF3NO/c12-10-2-1-8(7-9(10)11(13,14)15)16-3-5-17-6-4-16/h1-2,7H,3-6H2. The van der Waals surface area contributed by atoms with Crippen molar-refractivity contribution in [2.24, 2.45) is 0 Å². The first-order valence-corrected chi connectivity index (χ1v) is 5.97. The fourth-order valence-electron chi connectivity index (χ4n) is 1.75. The van der Waals surface area contributed by atoms with Gasteiger partial charge in [-0.3, -0.25) is 0 Å². The van der Waals surface area contributed by atoms with Crippen LogP contribution in [-0.4, -0.2) is 26.3 Å². The van der Waals surface area contributed by atoms with Crippen LogP contribution in [0.5, 0.6) is 0 Å². The summed E-state index contributed by atoms with van der Waals surface area (Å²) in [6.45, 7) is 2.35. The number of ether oxygens (including phenoxy) is 1. The Morgan fingerprint density at radius 1 is 1.18 bits per heavy atom. The summed E-state index contributed by atoms with van der Waals surface area (Å²) in [6.07, 6.45) is -4.33. The molecule has 2 nitrogen and oxygen atoms in total. The summed E-state index contributed by atoms with van der Waals surface area (Å²) in [5, 5.41) is 0. The molecule has 1 heterocycles. The summed E-state index contributed by atoms with van der Waals surface area (Å²) in [6, 6.07) is 4.30. The molecule has 1 saturated heterocycles. The van der Waals surface area contributed by atoms with Crippen LogP contribution in [0.15, 0.2) is 22.7 Å². The van der Waals surface area contributed by atoms with Crippen LogP contribution in [0.25, 0.3) is 0 Å². The Bertz CT molecular complexity index is 402. The minimum absolute atomic E-state index is 0.0713. The van der Waals surface area contributed by atoms with E-state index in [2.05, 4.69) is 15.9 Å². The first kappa shape index (κ1) is 12.7. The van der Waals surface area contributed by atoms with Gasteiger partial charge in [-0.1, -0.05) is 15.9 Å². The van der Waals surface area contributed by atoms with E-state index in [1.807, 2.05) is 4.90 Å². The van der Waals surface area contributed by atoms with Crippen molar-refractivity contribution in [1.82, 2.24) is 0 Å². The molecule has 1 aliphatic rings. The number of halogens is 4. The van der Waals surface area contributed by atoms with Crippen LogP contribution in [0.2, 0.25) is 0 Å². The smallest absolute Gasteiger partial charge is 0.378 e. The maximum absolute atomic E-state index is 12.7. The molecule has 0 aromatic heterocycles. The van der Waals surface area contributed by atoms with Crippen LogP contribution >= 0.6 is 15.9 Å². The molecule has 17 heavy (non-hydrogen) atoms. The van der Waals surface area contributed by atoms with Gasteiger partial charge in [-0.15, -0.1) is 0 Å². The van der Waals surface area contributed by atoms with Crippen LogP contribution in [0.1, 0.15) is 5.56 Å². The number of hydrogen-bond acceptors (Lipinski definition) is 2. The zero-order valence-corrected chi connectivity index (χ0v) is 10.5. The van der Waals surface area contributed by atoms with Crippen molar-refractivity contribution in [2.45, 2.75) is 6.18 Å². The van der Waals surface area contributed by atoms with E-state index in [0.717, 1.165) is 0 Å². The zero-order chi connectivity index (χ0) is 12.5. The number of hydrogen-bond donors (Lipinski definition) is 0. The van der Waals surface area contributed by atoms with E-state index in [1.54, 1.807) is 6.07 Å². The van der Waals surface area contributed by atoms with Crippen molar-refractivity contribution in [2.75, 3.05) is 31.2 Å². The topological polar surface area (TPSA) is 12.5 Å². The molecule has 6 heteroatoms. The average Bonchev–Trinajstić information content (AvgIpc) is 2.29. The summed E-state index contributed by atoms with van der Waals surface area (Å²) >= 11 is 2.93. The summed E-state index contributed by atoms with van der Waals surface area (Å²) < 4.78 is 43.4. The molecule has 1 aromatic rings. The van der Waals surface area contributed by atoms with Gasteiger partial charge in [0.25, 0.3) is 0 Å². The molecule has 0 radical (unpaired) electrons. The normalized spacial score (nSPS) is 17.3. The molecule has 0 atom stereocenters. The molecule has 1 aliphatic heterocycles. The highest BCUT2D eigenvalue weighted by Crippen LogP contribution is 2.37. The van der Waals surface area contributed by atoms with Gasteiger partial charge in [0.2, 0.25) is 0 Å². The lowest BCUT2D eigenvalue weighted by Gasteiger charge is -2.29. The Hall–Kier alpha value is -0.750. The van der Waals surface area contributed by atoms with Gasteiger partial charge >= 0.3 is 6.18 Å². The molecule has 0 unspecified atom stereocenters. The van der Waals surface area contributed by atoms with E-state index < -0.39 is 11.7 Å². The molecule has 0 bridgehead atoms. The molecule has 0 amide bonds. The Kier molecular flexibility index (Phi) is 3.63. The molecular formula is C11H11BrF3NO. The quantitative estimate of drug-likeness (QED) is 0.789. The Labute approximate surface area is 105 Å². The third-order valence-corrected chi connectivity index (χ3v) is 3.32. The minimum atomic E-state index is -4.33. The van der Waals surface area contributed by atoms with Crippen molar-refractivity contribution in [3.05, 3.63) is 28.2 Å². The van der Waals surface area contributed by atoms with Crippen molar-refractivity contribution < 1.29 is 17.9 Å². The van der Waals surface area contributed by atoms with E-state index in [4.69, 9.17) is 4.74 Å². The third kappa shape index (κ3) is 2.93. The van der Waals surface area contributed by atoms with Crippen LogP contribution < -0.4 is 4.90 Å². The van der Waals surface area contributed by atoms with E-state index in [9.17, 15) is 13.2 Å². The van der Waals surface area contributed by atoms with Gasteiger partial charge in [0.1, 0.15) is 0 Å². The van der Waals surface area contributed by atoms with Gasteiger partial charge in [-0.05, 0) is 18.2 Å². The number of benzene rings is 1. The monoisotopic (exact) mass is 309 g/mol. The highest BCUT2D eigenvalue weighted by atomic mass is 79.9. The SMILES string of the molecule is FC(F)(F)c1cc(N2CCOCC2)ccc1Br. The van der Waals surface area contributed by atoms with E-state index in [-0.39, 0.29) is 4.47 Å². The fraction of sp³-hybridized carbons (Fsp3) is 0.455. The van der Waals surface area contributed by atoms with Crippen LogP contribution in [0.4, 0.5) is 18.9 Å². The molecule has 1 fully saturated rings. The lowest BCUT2D eigenvalue weighted by Crippen LogP contribution is -2.36. The Balaban J connectivity index is 2.30. The first-order chi connectivity index (χ1) is 7.98. The number of morpholine rings is 1. The van der Waals surface area contributed by atoms with Crippen molar-refractivity contribution in [1.29, 1.82) is 0 Å². The lowest BCUT2D eigenvalue weighted by atomic mass is 10.1. The highest BCUT2D eigenvalue weighted by molar-refractivity contribution is 9.10. The second-order valence-corrected chi connectivity index (χ2v) is 4.62. The van der Waals surface area contributed by atoms with E-state index in [0.29, 0.717) is 32.0 Å². The summed E-state index contributed by atoms with van der Waals surface area (Å²) in [5.41, 5.74) is -0.0506. The summed E-state index contributed by atoms with van der Waals surface area (Å²) in [4.78, 5) is 1.89. The maximum atomic E-state index is 12.7. The fourth-order valence-corrected chi connectivity index (χ4v) is 2.22. The molecule has 0 N–H and O–H groups in total. The van der Waals surface area contributed by atoms with Crippen molar-refractivity contribution in [3.63, 3.8) is 0 Å².